The summed E-state index contributed by atoms with van der Waals surface area (Å²) in [5, 5.41) is 0. The van der Waals surface area contributed by atoms with Crippen molar-refractivity contribution in [3.8, 4) is 0 Å². The summed E-state index contributed by atoms with van der Waals surface area (Å²) >= 11 is 0. The minimum atomic E-state index is -0.957. The molecule has 2 heterocycles. The summed E-state index contributed by atoms with van der Waals surface area (Å²) in [6.07, 6.45) is 4.01. The van der Waals surface area contributed by atoms with Crippen LogP contribution in [0.15, 0.2) is 35.1 Å². The second-order valence-electron chi connectivity index (χ2n) is 4.64. The molecule has 112 valence electrons. The molecule has 4 nitrogen and oxygen atoms in total. The zero-order chi connectivity index (χ0) is 15.2. The van der Waals surface area contributed by atoms with E-state index >= 15 is 0 Å². The van der Waals surface area contributed by atoms with Gasteiger partial charge in [0.25, 0.3) is 5.91 Å². The number of rotatable bonds is 6. The van der Waals surface area contributed by atoms with Gasteiger partial charge in [-0.15, -0.1) is 0 Å². The van der Waals surface area contributed by atoms with Crippen molar-refractivity contribution in [1.82, 2.24) is 9.88 Å². The Bertz CT molecular complexity index is 600. The summed E-state index contributed by atoms with van der Waals surface area (Å²) in [5.74, 6) is -1.74. The van der Waals surface area contributed by atoms with E-state index in [2.05, 4.69) is 4.98 Å². The normalized spacial score (nSPS) is 10.6. The number of nitrogens with zero attached hydrogens (tertiary/aromatic N) is 2. The smallest absolute Gasteiger partial charge is 0.275 e. The van der Waals surface area contributed by atoms with Gasteiger partial charge in [-0.05, 0) is 18.6 Å². The highest BCUT2D eigenvalue weighted by molar-refractivity contribution is 5.92. The van der Waals surface area contributed by atoms with E-state index in [4.69, 9.17) is 4.42 Å². The lowest BCUT2D eigenvalue weighted by Gasteiger charge is -2.21. The molecule has 0 fully saturated rings. The van der Waals surface area contributed by atoms with Crippen molar-refractivity contribution in [2.24, 2.45) is 0 Å². The Kier molecular flexibility index (Phi) is 5.03. The summed E-state index contributed by atoms with van der Waals surface area (Å²) < 4.78 is 31.8. The number of furan rings is 1. The minimum absolute atomic E-state index is 0.227. The second-order valence-corrected chi connectivity index (χ2v) is 4.64. The summed E-state index contributed by atoms with van der Waals surface area (Å²) in [6, 6.07) is 4.11. The molecular formula is C15H16F2N2O2. The van der Waals surface area contributed by atoms with Crippen molar-refractivity contribution in [2.45, 2.75) is 26.3 Å². The molecule has 0 aromatic carbocycles. The van der Waals surface area contributed by atoms with Gasteiger partial charge in [-0.1, -0.05) is 13.3 Å². The maximum Gasteiger partial charge on any atom is 0.275 e. The molecule has 6 heteroatoms. The molecule has 2 aromatic rings. The third-order valence-corrected chi connectivity index (χ3v) is 3.01. The van der Waals surface area contributed by atoms with Gasteiger partial charge in [-0.25, -0.2) is 13.8 Å². The molecule has 0 aliphatic rings. The first-order chi connectivity index (χ1) is 10.1. The Labute approximate surface area is 121 Å². The van der Waals surface area contributed by atoms with Crippen LogP contribution >= 0.6 is 0 Å². The van der Waals surface area contributed by atoms with Crippen LogP contribution in [0, 0.1) is 11.6 Å². The number of hydrogen-bond donors (Lipinski definition) is 0. The van der Waals surface area contributed by atoms with Gasteiger partial charge >= 0.3 is 0 Å². The third kappa shape index (κ3) is 3.87. The molecule has 0 saturated heterocycles. The van der Waals surface area contributed by atoms with E-state index < -0.39 is 17.5 Å². The Morgan fingerprint density at radius 2 is 2.24 bits per heavy atom. The molecule has 0 saturated carbocycles. The molecule has 0 N–H and O–H groups in total. The Hall–Kier alpha value is -2.24. The van der Waals surface area contributed by atoms with E-state index in [0.717, 1.165) is 19.0 Å². The van der Waals surface area contributed by atoms with Crippen molar-refractivity contribution < 1.29 is 18.0 Å². The number of halogens is 2. The standard InChI is InChI=1S/C15H16F2N2O2/c1-2-3-6-19(10-12-5-4-7-21-12)15(20)14-13(17)8-11(16)9-18-14/h4-5,7-9H,2-3,6,10H2,1H3. The number of amides is 1. The molecular weight excluding hydrogens is 278 g/mol. The summed E-state index contributed by atoms with van der Waals surface area (Å²) in [7, 11) is 0. The van der Waals surface area contributed by atoms with Crippen LogP contribution in [0.3, 0.4) is 0 Å². The van der Waals surface area contributed by atoms with Crippen LogP contribution in [0.5, 0.6) is 0 Å². The monoisotopic (exact) mass is 294 g/mol. The van der Waals surface area contributed by atoms with Gasteiger partial charge in [-0.2, -0.15) is 0 Å². The fourth-order valence-electron chi connectivity index (χ4n) is 1.91. The maximum absolute atomic E-state index is 13.7. The van der Waals surface area contributed by atoms with E-state index in [1.54, 1.807) is 12.1 Å². The van der Waals surface area contributed by atoms with E-state index in [0.29, 0.717) is 18.4 Å². The first-order valence-electron chi connectivity index (χ1n) is 6.74. The van der Waals surface area contributed by atoms with Gasteiger partial charge < -0.3 is 9.32 Å². The Balaban J connectivity index is 2.20. The molecule has 0 unspecified atom stereocenters. The van der Waals surface area contributed by atoms with Crippen LogP contribution in [0.1, 0.15) is 36.0 Å². The van der Waals surface area contributed by atoms with Gasteiger partial charge in [0, 0.05) is 12.6 Å². The van der Waals surface area contributed by atoms with Crippen LogP contribution in [-0.4, -0.2) is 22.3 Å². The third-order valence-electron chi connectivity index (χ3n) is 3.01. The highest BCUT2D eigenvalue weighted by Crippen LogP contribution is 2.13. The van der Waals surface area contributed by atoms with Gasteiger partial charge in [0.2, 0.25) is 0 Å². The van der Waals surface area contributed by atoms with Crippen molar-refractivity contribution in [3.63, 3.8) is 0 Å². The molecule has 2 rings (SSSR count). The summed E-state index contributed by atoms with van der Waals surface area (Å²) in [4.78, 5) is 17.4. The van der Waals surface area contributed by atoms with Crippen molar-refractivity contribution >= 4 is 5.91 Å². The summed E-state index contributed by atoms with van der Waals surface area (Å²) in [5.41, 5.74) is -0.376. The molecule has 0 spiro atoms. The van der Waals surface area contributed by atoms with E-state index in [9.17, 15) is 13.6 Å². The highest BCUT2D eigenvalue weighted by atomic mass is 19.1. The second kappa shape index (κ2) is 6.97. The van der Waals surface area contributed by atoms with Crippen LogP contribution < -0.4 is 0 Å². The number of aromatic nitrogens is 1. The lowest BCUT2D eigenvalue weighted by atomic mass is 10.2. The number of pyridine rings is 1. The van der Waals surface area contributed by atoms with Gasteiger partial charge in [0.05, 0.1) is 19.0 Å². The summed E-state index contributed by atoms with van der Waals surface area (Å²) in [6.45, 7) is 2.67. The molecule has 21 heavy (non-hydrogen) atoms. The lowest BCUT2D eigenvalue weighted by Crippen LogP contribution is -2.32. The zero-order valence-electron chi connectivity index (χ0n) is 11.7. The van der Waals surface area contributed by atoms with E-state index in [1.807, 2.05) is 6.92 Å². The van der Waals surface area contributed by atoms with Crippen molar-refractivity contribution in [3.05, 3.63) is 53.7 Å². The average Bonchev–Trinajstić information content (AvgIpc) is 2.95. The SMILES string of the molecule is CCCCN(Cc1ccco1)C(=O)c1ncc(F)cc1F. The quantitative estimate of drug-likeness (QED) is 0.820. The predicted octanol–water partition coefficient (Wildman–Crippen LogP) is 3.40. The molecule has 0 bridgehead atoms. The van der Waals surface area contributed by atoms with Crippen LogP contribution in [0.4, 0.5) is 8.78 Å². The molecule has 0 atom stereocenters. The lowest BCUT2D eigenvalue weighted by molar-refractivity contribution is 0.0717. The first kappa shape index (κ1) is 15.2. The highest BCUT2D eigenvalue weighted by Gasteiger charge is 2.22. The first-order valence-corrected chi connectivity index (χ1v) is 6.74. The predicted molar refractivity (Wildman–Crippen MR) is 72.5 cm³/mol. The Morgan fingerprint density at radius 1 is 1.43 bits per heavy atom. The zero-order valence-corrected chi connectivity index (χ0v) is 11.7. The minimum Gasteiger partial charge on any atom is -0.467 e. The molecule has 2 aromatic heterocycles. The van der Waals surface area contributed by atoms with Gasteiger partial charge in [-0.3, -0.25) is 4.79 Å². The topological polar surface area (TPSA) is 46.3 Å². The number of carbonyl (C=O) groups is 1. The van der Waals surface area contributed by atoms with Crippen LogP contribution in [0.25, 0.3) is 0 Å². The van der Waals surface area contributed by atoms with E-state index in [1.165, 1.54) is 11.2 Å². The molecule has 0 aliphatic heterocycles. The van der Waals surface area contributed by atoms with Crippen LogP contribution in [0.2, 0.25) is 0 Å². The van der Waals surface area contributed by atoms with Crippen molar-refractivity contribution in [2.75, 3.05) is 6.54 Å². The fraction of sp³-hybridized carbons (Fsp3) is 0.333. The number of hydrogen-bond acceptors (Lipinski definition) is 3. The van der Waals surface area contributed by atoms with E-state index in [-0.39, 0.29) is 12.2 Å². The van der Waals surface area contributed by atoms with Crippen LogP contribution in [-0.2, 0) is 6.54 Å². The van der Waals surface area contributed by atoms with Crippen molar-refractivity contribution in [1.29, 1.82) is 0 Å². The average molecular weight is 294 g/mol. The molecule has 0 radical (unpaired) electrons. The molecule has 0 aliphatic carbocycles. The Morgan fingerprint density at radius 3 is 2.86 bits per heavy atom. The largest absolute Gasteiger partial charge is 0.467 e. The molecule has 1 amide bonds. The number of unbranched alkanes of at least 4 members (excludes halogenated alkanes) is 1. The maximum atomic E-state index is 13.7. The van der Waals surface area contributed by atoms with Gasteiger partial charge in [0.1, 0.15) is 11.6 Å². The van der Waals surface area contributed by atoms with Gasteiger partial charge in [0.15, 0.2) is 11.5 Å². The fourth-order valence-corrected chi connectivity index (χ4v) is 1.91. The number of carbonyl (C=O) groups excluding carboxylic acids is 1.